The van der Waals surface area contributed by atoms with Crippen molar-refractivity contribution in [2.75, 3.05) is 26.4 Å². The average Bonchev–Trinajstić information content (AvgIpc) is 1.12. The van der Waals surface area contributed by atoms with Gasteiger partial charge in [0, 0.05) is 0 Å². The lowest BCUT2D eigenvalue weighted by molar-refractivity contribution is -0.389. The van der Waals surface area contributed by atoms with E-state index in [-0.39, 0.29) is 39.6 Å². The molecule has 13 N–H and O–H groups in total. The second-order valence-corrected chi connectivity index (χ2v) is 27.7. The first kappa shape index (κ1) is 62.4. The molecule has 24 nitrogen and oxygen atoms in total. The third kappa shape index (κ3) is 10.5. The van der Waals surface area contributed by atoms with Gasteiger partial charge in [0.25, 0.3) is 0 Å². The maximum absolute atomic E-state index is 13.2. The summed E-state index contributed by atoms with van der Waals surface area (Å²) < 4.78 is 59.6. The summed E-state index contributed by atoms with van der Waals surface area (Å²) in [5, 5.41) is 141. The fourth-order valence-electron chi connectivity index (χ4n) is 17.2. The van der Waals surface area contributed by atoms with Crippen molar-refractivity contribution in [3.63, 3.8) is 0 Å². The highest BCUT2D eigenvalue weighted by Crippen LogP contribution is 2.76. The van der Waals surface area contributed by atoms with E-state index < -0.39 is 178 Å². The Kier molecular flexibility index (Phi) is 17.6. The van der Waals surface area contributed by atoms with Crippen LogP contribution >= 0.6 is 0 Å². The molecule has 464 valence electrons. The van der Waals surface area contributed by atoms with Gasteiger partial charge in [-0.3, -0.25) is 4.79 Å². The zero-order chi connectivity index (χ0) is 58.8. The van der Waals surface area contributed by atoms with Gasteiger partial charge in [0.1, 0.15) is 97.7 Å². The van der Waals surface area contributed by atoms with Gasteiger partial charge in [0.2, 0.25) is 0 Å². The van der Waals surface area contributed by atoms with E-state index in [1.165, 1.54) is 5.57 Å². The lowest BCUT2D eigenvalue weighted by atomic mass is 9.33. The van der Waals surface area contributed by atoms with E-state index in [0.717, 1.165) is 44.9 Å². The van der Waals surface area contributed by atoms with E-state index in [4.69, 9.17) is 47.4 Å². The highest BCUT2D eigenvalue weighted by molar-refractivity contribution is 5.76. The van der Waals surface area contributed by atoms with Crippen molar-refractivity contribution in [2.45, 2.75) is 261 Å². The number of hydrogen-bond donors (Lipinski definition) is 13. The Hall–Kier alpha value is -1.67. The summed E-state index contributed by atoms with van der Waals surface area (Å²) in [4.78, 5) is 13.2. The molecule has 9 fully saturated rings. The molecule has 81 heavy (non-hydrogen) atoms. The van der Waals surface area contributed by atoms with Crippen LogP contribution in [0.3, 0.4) is 0 Å². The molecule has 10 rings (SSSR count). The van der Waals surface area contributed by atoms with Gasteiger partial charge in [-0.15, -0.1) is 0 Å². The highest BCUT2D eigenvalue weighted by Gasteiger charge is 2.70. The van der Waals surface area contributed by atoms with E-state index in [0.29, 0.717) is 25.2 Å². The number of allylic oxidation sites excluding steroid dienone is 2. The first-order valence-electron chi connectivity index (χ1n) is 29.4. The number of carboxylic acid groups (broad SMARTS) is 1. The van der Waals surface area contributed by atoms with Gasteiger partial charge in [0.05, 0.1) is 44.1 Å². The van der Waals surface area contributed by atoms with Gasteiger partial charge in [-0.05, 0) is 116 Å². The van der Waals surface area contributed by atoms with Gasteiger partial charge in [-0.25, -0.2) is 0 Å². The standard InChI is InChI=1S/C57H92O24/c1-24-43(79-49-45(35(62)28(60)21-72-49)81-50-44(34(61)27(59)22-73-50)80-46-40(67)37(64)30(23-74-46)77-48-41(68)38(65)36(63)29(20-58)76-48)39(66)42(69)47(75-24)78-33-12-13-54(6)31(53(33,4)5)11-14-56(8)32(54)10-9-25-26-19-52(2,3)15-17-57(26,51(70)71)18-16-55(25,56)7/h9,24,26-50,58-69H,10-23H2,1-8H3,(H,70,71). The molecule has 0 aromatic rings. The summed E-state index contributed by atoms with van der Waals surface area (Å²) in [7, 11) is 0. The van der Waals surface area contributed by atoms with Crippen molar-refractivity contribution < 1.29 is 119 Å². The third-order valence-corrected chi connectivity index (χ3v) is 22.4. The summed E-state index contributed by atoms with van der Waals surface area (Å²) in [6.45, 7) is 15.7. The average molecular weight is 1160 g/mol. The van der Waals surface area contributed by atoms with Crippen molar-refractivity contribution in [1.82, 2.24) is 0 Å². The van der Waals surface area contributed by atoms with E-state index >= 15 is 0 Å². The maximum Gasteiger partial charge on any atom is 0.310 e. The minimum Gasteiger partial charge on any atom is -0.481 e. The Morgan fingerprint density at radius 2 is 1.14 bits per heavy atom. The topological polar surface area (TPSA) is 372 Å². The van der Waals surface area contributed by atoms with Crippen LogP contribution in [-0.4, -0.2) is 240 Å². The lowest BCUT2D eigenvalue weighted by Gasteiger charge is -2.71. The molecule has 0 aromatic heterocycles. The minimum atomic E-state index is -1.96. The molecule has 4 saturated carbocycles. The number of rotatable bonds is 12. The number of carbonyl (C=O) groups is 1. The first-order chi connectivity index (χ1) is 37.9. The zero-order valence-corrected chi connectivity index (χ0v) is 47.8. The summed E-state index contributed by atoms with van der Waals surface area (Å²) >= 11 is 0. The van der Waals surface area contributed by atoms with E-state index in [2.05, 4.69) is 54.5 Å². The Bertz CT molecular complexity index is 2250. The van der Waals surface area contributed by atoms with Crippen LogP contribution in [0.25, 0.3) is 0 Å². The number of aliphatic hydroxyl groups is 12. The van der Waals surface area contributed by atoms with Gasteiger partial charge < -0.3 is 114 Å². The molecule has 5 aliphatic carbocycles. The van der Waals surface area contributed by atoms with Crippen molar-refractivity contribution in [2.24, 2.45) is 50.2 Å². The van der Waals surface area contributed by atoms with Crippen LogP contribution < -0.4 is 0 Å². The molecule has 10 aliphatic rings. The molecule has 5 saturated heterocycles. The molecule has 5 heterocycles. The maximum atomic E-state index is 13.2. The van der Waals surface area contributed by atoms with Crippen molar-refractivity contribution in [3.8, 4) is 0 Å². The third-order valence-electron chi connectivity index (χ3n) is 22.4. The Morgan fingerprint density at radius 3 is 1.77 bits per heavy atom. The molecule has 30 unspecified atom stereocenters. The van der Waals surface area contributed by atoms with E-state index in [9.17, 15) is 71.2 Å². The van der Waals surface area contributed by atoms with Crippen LogP contribution in [-0.2, 0) is 52.2 Å². The molecule has 0 spiro atoms. The minimum absolute atomic E-state index is 0.0161. The van der Waals surface area contributed by atoms with Gasteiger partial charge in [0.15, 0.2) is 31.5 Å². The number of ether oxygens (including phenoxy) is 10. The lowest BCUT2D eigenvalue weighted by Crippen LogP contribution is -2.66. The van der Waals surface area contributed by atoms with Crippen LogP contribution in [0.1, 0.15) is 120 Å². The first-order valence-corrected chi connectivity index (χ1v) is 29.4. The number of hydrogen-bond acceptors (Lipinski definition) is 23. The summed E-state index contributed by atoms with van der Waals surface area (Å²) in [5.41, 5.74) is 0.0554. The van der Waals surface area contributed by atoms with Crippen LogP contribution in [0.2, 0.25) is 0 Å². The molecule has 5 aliphatic heterocycles. The number of aliphatic hydroxyl groups excluding tert-OH is 12. The normalized spacial score (nSPS) is 54.4. The molecule has 0 amide bonds. The summed E-state index contributed by atoms with van der Waals surface area (Å²) in [6, 6.07) is 0. The SMILES string of the molecule is CC1OC(OC2CCC3(C)C(CCC4(C)C3CC=C3C5CC(C)(C)CCC5(C(=O)O)CCC34C)C2(C)C)C(O)C(O)C1OC1OCC(O)C(O)C1OC1OCC(O)C(O)C1OC1OCC(OC2OC(CO)C(O)C(O)C2O)C(O)C1O. The van der Waals surface area contributed by atoms with Crippen molar-refractivity contribution in [3.05, 3.63) is 11.6 Å². The predicted octanol–water partition coefficient (Wildman–Crippen LogP) is -0.700. The highest BCUT2D eigenvalue weighted by atomic mass is 16.8. The molecule has 0 aromatic carbocycles. The summed E-state index contributed by atoms with van der Waals surface area (Å²) in [6.07, 6.45) is -25.1. The van der Waals surface area contributed by atoms with Crippen LogP contribution in [0.5, 0.6) is 0 Å². The van der Waals surface area contributed by atoms with Gasteiger partial charge in [-0.2, -0.15) is 0 Å². The van der Waals surface area contributed by atoms with E-state index in [1.807, 2.05) is 0 Å². The molecular weight excluding hydrogens is 1070 g/mol. The predicted molar refractivity (Wildman–Crippen MR) is 276 cm³/mol. The number of carboxylic acids is 1. The quantitative estimate of drug-likeness (QED) is 0.0849. The Labute approximate surface area is 472 Å². The second-order valence-electron chi connectivity index (χ2n) is 27.7. The molecule has 30 atom stereocenters. The monoisotopic (exact) mass is 1160 g/mol. The Morgan fingerprint density at radius 1 is 0.568 bits per heavy atom. The second kappa shape index (κ2) is 22.8. The zero-order valence-electron chi connectivity index (χ0n) is 47.8. The smallest absolute Gasteiger partial charge is 0.310 e. The van der Waals surface area contributed by atoms with Crippen LogP contribution in [0.15, 0.2) is 11.6 Å². The molecule has 24 heteroatoms. The number of fused-ring (bicyclic) bond motifs is 7. The van der Waals surface area contributed by atoms with Crippen molar-refractivity contribution in [1.29, 1.82) is 0 Å². The number of aliphatic carboxylic acids is 1. The van der Waals surface area contributed by atoms with Gasteiger partial charge >= 0.3 is 5.97 Å². The molecular formula is C57H92O24. The van der Waals surface area contributed by atoms with Crippen LogP contribution in [0.4, 0.5) is 0 Å². The summed E-state index contributed by atoms with van der Waals surface area (Å²) in [5.74, 6) is -0.0592. The molecule has 0 radical (unpaired) electrons. The van der Waals surface area contributed by atoms with E-state index in [1.54, 1.807) is 6.92 Å². The van der Waals surface area contributed by atoms with Crippen molar-refractivity contribution >= 4 is 5.97 Å². The van der Waals surface area contributed by atoms with Crippen LogP contribution in [0, 0.1) is 50.2 Å². The largest absolute Gasteiger partial charge is 0.481 e. The fourth-order valence-corrected chi connectivity index (χ4v) is 17.2. The fraction of sp³-hybridized carbons (Fsp3) is 0.947. The molecule has 0 bridgehead atoms. The Balaban J connectivity index is 0.784. The van der Waals surface area contributed by atoms with Gasteiger partial charge in [-0.1, -0.05) is 60.1 Å².